The van der Waals surface area contributed by atoms with E-state index in [1.165, 1.54) is 43.5 Å². The standard InChI is InChI=1S/C13H21NS/c1-2-12(9-13-7-4-8-15-13)14-10-11-5-3-6-11/h4,7-8,11-12,14H,2-3,5-6,9-10H2,1H3. The number of nitrogens with one attached hydrogen (secondary N) is 1. The van der Waals surface area contributed by atoms with Crippen molar-refractivity contribution in [2.75, 3.05) is 6.54 Å². The third-order valence-corrected chi connectivity index (χ3v) is 4.34. The van der Waals surface area contributed by atoms with Gasteiger partial charge in [-0.05, 0) is 49.6 Å². The van der Waals surface area contributed by atoms with E-state index >= 15 is 0 Å². The van der Waals surface area contributed by atoms with Gasteiger partial charge in [0.1, 0.15) is 0 Å². The van der Waals surface area contributed by atoms with Crippen molar-refractivity contribution >= 4 is 11.3 Å². The number of hydrogen-bond acceptors (Lipinski definition) is 2. The summed E-state index contributed by atoms with van der Waals surface area (Å²) < 4.78 is 0. The van der Waals surface area contributed by atoms with Gasteiger partial charge in [0, 0.05) is 10.9 Å². The first-order valence-electron chi connectivity index (χ1n) is 6.14. The molecule has 0 saturated heterocycles. The molecule has 0 amide bonds. The molecule has 1 aromatic heterocycles. The Labute approximate surface area is 96.9 Å². The minimum Gasteiger partial charge on any atom is -0.313 e. The van der Waals surface area contributed by atoms with Gasteiger partial charge in [0.15, 0.2) is 0 Å². The molecular formula is C13H21NS. The smallest absolute Gasteiger partial charge is 0.0113 e. The van der Waals surface area contributed by atoms with Crippen LogP contribution >= 0.6 is 11.3 Å². The normalized spacial score (nSPS) is 18.7. The Balaban J connectivity index is 1.71. The molecule has 1 atom stereocenters. The Morgan fingerprint density at radius 3 is 2.93 bits per heavy atom. The van der Waals surface area contributed by atoms with Crippen LogP contribution in [0.25, 0.3) is 0 Å². The van der Waals surface area contributed by atoms with Crippen molar-refractivity contribution in [1.82, 2.24) is 5.32 Å². The summed E-state index contributed by atoms with van der Waals surface area (Å²) in [6.45, 7) is 3.52. The zero-order chi connectivity index (χ0) is 10.5. The van der Waals surface area contributed by atoms with Gasteiger partial charge in [0.2, 0.25) is 0 Å². The zero-order valence-electron chi connectivity index (χ0n) is 9.54. The molecule has 1 nitrogen and oxygen atoms in total. The fourth-order valence-corrected chi connectivity index (χ4v) is 2.85. The molecule has 1 saturated carbocycles. The largest absolute Gasteiger partial charge is 0.313 e. The van der Waals surface area contributed by atoms with Crippen molar-refractivity contribution in [3.63, 3.8) is 0 Å². The average molecular weight is 223 g/mol. The second kappa shape index (κ2) is 5.66. The summed E-state index contributed by atoms with van der Waals surface area (Å²) in [5, 5.41) is 5.89. The van der Waals surface area contributed by atoms with Crippen LogP contribution in [0.5, 0.6) is 0 Å². The molecule has 2 rings (SSSR count). The van der Waals surface area contributed by atoms with E-state index in [2.05, 4.69) is 29.8 Å². The van der Waals surface area contributed by atoms with Crippen molar-refractivity contribution in [2.24, 2.45) is 5.92 Å². The second-order valence-electron chi connectivity index (χ2n) is 4.59. The van der Waals surface area contributed by atoms with Crippen LogP contribution in [0.3, 0.4) is 0 Å². The summed E-state index contributed by atoms with van der Waals surface area (Å²) in [6, 6.07) is 5.08. The molecule has 1 unspecified atom stereocenters. The molecule has 0 aliphatic heterocycles. The highest BCUT2D eigenvalue weighted by Gasteiger charge is 2.18. The van der Waals surface area contributed by atoms with Crippen molar-refractivity contribution in [1.29, 1.82) is 0 Å². The molecule has 0 spiro atoms. The van der Waals surface area contributed by atoms with Gasteiger partial charge >= 0.3 is 0 Å². The summed E-state index contributed by atoms with van der Waals surface area (Å²) in [4.78, 5) is 1.52. The SMILES string of the molecule is CCC(Cc1cccs1)NCC1CCC1. The lowest BCUT2D eigenvalue weighted by Crippen LogP contribution is -2.36. The van der Waals surface area contributed by atoms with E-state index in [9.17, 15) is 0 Å². The molecule has 84 valence electrons. The summed E-state index contributed by atoms with van der Waals surface area (Å²) >= 11 is 1.88. The lowest BCUT2D eigenvalue weighted by molar-refractivity contribution is 0.286. The van der Waals surface area contributed by atoms with E-state index in [1.54, 1.807) is 0 Å². The molecule has 0 bridgehead atoms. The molecule has 0 radical (unpaired) electrons. The molecule has 15 heavy (non-hydrogen) atoms. The first-order valence-corrected chi connectivity index (χ1v) is 7.02. The van der Waals surface area contributed by atoms with Crippen LogP contribution in [0.2, 0.25) is 0 Å². The fraction of sp³-hybridized carbons (Fsp3) is 0.692. The van der Waals surface area contributed by atoms with E-state index in [0.29, 0.717) is 6.04 Å². The monoisotopic (exact) mass is 223 g/mol. The quantitative estimate of drug-likeness (QED) is 0.779. The zero-order valence-corrected chi connectivity index (χ0v) is 10.4. The molecule has 1 N–H and O–H groups in total. The highest BCUT2D eigenvalue weighted by Crippen LogP contribution is 2.25. The molecule has 1 heterocycles. The Hall–Kier alpha value is -0.340. The molecule has 2 heteroatoms. The third-order valence-electron chi connectivity index (χ3n) is 3.44. The molecule has 1 aromatic rings. The van der Waals surface area contributed by atoms with Gasteiger partial charge in [-0.25, -0.2) is 0 Å². The summed E-state index contributed by atoms with van der Waals surface area (Å²) in [5.74, 6) is 0.974. The summed E-state index contributed by atoms with van der Waals surface area (Å²) in [6.07, 6.45) is 6.80. The van der Waals surface area contributed by atoms with Crippen LogP contribution in [-0.2, 0) is 6.42 Å². The van der Waals surface area contributed by atoms with Crippen LogP contribution in [-0.4, -0.2) is 12.6 Å². The second-order valence-corrected chi connectivity index (χ2v) is 5.63. The molecular weight excluding hydrogens is 202 g/mol. The Kier molecular flexibility index (Phi) is 4.21. The number of hydrogen-bond donors (Lipinski definition) is 1. The topological polar surface area (TPSA) is 12.0 Å². The Morgan fingerprint density at radius 1 is 1.53 bits per heavy atom. The third kappa shape index (κ3) is 3.32. The van der Waals surface area contributed by atoms with Crippen LogP contribution in [0.1, 0.15) is 37.5 Å². The Bertz CT molecular complexity index is 264. The van der Waals surface area contributed by atoms with Gasteiger partial charge in [-0.15, -0.1) is 11.3 Å². The van der Waals surface area contributed by atoms with Gasteiger partial charge in [0.05, 0.1) is 0 Å². The van der Waals surface area contributed by atoms with Crippen molar-refractivity contribution in [2.45, 2.75) is 45.1 Å². The fourth-order valence-electron chi connectivity index (χ4n) is 2.06. The molecule has 1 aliphatic carbocycles. The highest BCUT2D eigenvalue weighted by molar-refractivity contribution is 7.09. The lowest BCUT2D eigenvalue weighted by Gasteiger charge is -2.28. The van der Waals surface area contributed by atoms with Gasteiger partial charge in [-0.3, -0.25) is 0 Å². The maximum atomic E-state index is 3.72. The maximum absolute atomic E-state index is 3.72. The average Bonchev–Trinajstić information content (AvgIpc) is 2.66. The minimum atomic E-state index is 0.684. The lowest BCUT2D eigenvalue weighted by atomic mass is 9.85. The van der Waals surface area contributed by atoms with Crippen molar-refractivity contribution < 1.29 is 0 Å². The first kappa shape index (κ1) is 11.2. The number of rotatable bonds is 6. The van der Waals surface area contributed by atoms with Crippen LogP contribution in [0.15, 0.2) is 17.5 Å². The highest BCUT2D eigenvalue weighted by atomic mass is 32.1. The van der Waals surface area contributed by atoms with Crippen molar-refractivity contribution in [3.05, 3.63) is 22.4 Å². The van der Waals surface area contributed by atoms with Crippen LogP contribution < -0.4 is 5.32 Å². The van der Waals surface area contributed by atoms with E-state index < -0.39 is 0 Å². The molecule has 0 aromatic carbocycles. The summed E-state index contributed by atoms with van der Waals surface area (Å²) in [7, 11) is 0. The predicted molar refractivity (Wildman–Crippen MR) is 67.4 cm³/mol. The maximum Gasteiger partial charge on any atom is 0.0113 e. The van der Waals surface area contributed by atoms with Crippen LogP contribution in [0, 0.1) is 5.92 Å². The van der Waals surface area contributed by atoms with Gasteiger partial charge in [-0.2, -0.15) is 0 Å². The van der Waals surface area contributed by atoms with Gasteiger partial charge in [0.25, 0.3) is 0 Å². The summed E-state index contributed by atoms with van der Waals surface area (Å²) in [5.41, 5.74) is 0. The minimum absolute atomic E-state index is 0.684. The first-order chi connectivity index (χ1) is 7.38. The number of thiophene rings is 1. The van der Waals surface area contributed by atoms with E-state index in [-0.39, 0.29) is 0 Å². The van der Waals surface area contributed by atoms with E-state index in [1.807, 2.05) is 11.3 Å². The predicted octanol–water partition coefficient (Wildman–Crippen LogP) is 3.46. The van der Waals surface area contributed by atoms with E-state index in [4.69, 9.17) is 0 Å². The Morgan fingerprint density at radius 2 is 2.40 bits per heavy atom. The van der Waals surface area contributed by atoms with Gasteiger partial charge in [-0.1, -0.05) is 19.4 Å². The van der Waals surface area contributed by atoms with E-state index in [0.717, 1.165) is 5.92 Å². The molecule has 1 aliphatic rings. The van der Waals surface area contributed by atoms with Crippen molar-refractivity contribution in [3.8, 4) is 0 Å². The van der Waals surface area contributed by atoms with Gasteiger partial charge < -0.3 is 5.32 Å². The molecule has 1 fully saturated rings. The van der Waals surface area contributed by atoms with Crippen LogP contribution in [0.4, 0.5) is 0 Å².